The summed E-state index contributed by atoms with van der Waals surface area (Å²) in [5.41, 5.74) is 0.599. The van der Waals surface area contributed by atoms with Gasteiger partial charge in [0.2, 0.25) is 5.75 Å². The van der Waals surface area contributed by atoms with E-state index in [1.165, 1.54) is 0 Å². The maximum absolute atomic E-state index is 9.47. The van der Waals surface area contributed by atoms with Crippen molar-refractivity contribution in [2.24, 2.45) is 0 Å². The Morgan fingerprint density at radius 3 is 3.00 bits per heavy atom. The van der Waals surface area contributed by atoms with Crippen molar-refractivity contribution in [1.29, 1.82) is 0 Å². The Balaban J connectivity index is 2.66. The van der Waals surface area contributed by atoms with Gasteiger partial charge in [-0.3, -0.25) is 0 Å². The fourth-order valence-electron chi connectivity index (χ4n) is 1.28. The van der Waals surface area contributed by atoms with E-state index in [0.717, 1.165) is 5.39 Å². The van der Waals surface area contributed by atoms with E-state index in [1.54, 1.807) is 18.4 Å². The lowest BCUT2D eigenvalue weighted by Crippen LogP contribution is -1.91. The quantitative estimate of drug-likeness (QED) is 0.768. The van der Waals surface area contributed by atoms with Gasteiger partial charge in [-0.05, 0) is 25.1 Å². The highest BCUT2D eigenvalue weighted by Gasteiger charge is 2.09. The second-order valence-corrected chi connectivity index (χ2v) is 2.69. The van der Waals surface area contributed by atoms with Crippen molar-refractivity contribution in [2.75, 3.05) is 6.61 Å². The molecule has 3 nitrogen and oxygen atoms in total. The molecular weight excluding hydrogens is 168 g/mol. The Labute approximate surface area is 75.5 Å². The first-order valence-corrected chi connectivity index (χ1v) is 4.15. The molecule has 1 N–H and O–H groups in total. The molecule has 0 spiro atoms. The highest BCUT2D eigenvalue weighted by atomic mass is 16.5. The van der Waals surface area contributed by atoms with Crippen LogP contribution in [0.1, 0.15) is 6.92 Å². The van der Waals surface area contributed by atoms with Crippen LogP contribution >= 0.6 is 0 Å². The van der Waals surface area contributed by atoms with Crippen molar-refractivity contribution in [3.8, 4) is 11.5 Å². The van der Waals surface area contributed by atoms with Gasteiger partial charge in [0.05, 0.1) is 12.9 Å². The Morgan fingerprint density at radius 2 is 2.23 bits per heavy atom. The molecule has 0 aliphatic carbocycles. The zero-order valence-corrected chi connectivity index (χ0v) is 7.28. The zero-order chi connectivity index (χ0) is 9.26. The lowest BCUT2D eigenvalue weighted by Gasteiger charge is -2.05. The molecule has 2 rings (SSSR count). The van der Waals surface area contributed by atoms with Crippen LogP contribution in [0.25, 0.3) is 11.0 Å². The van der Waals surface area contributed by atoms with Crippen molar-refractivity contribution in [3.05, 3.63) is 24.5 Å². The number of hydrogen-bond acceptors (Lipinski definition) is 3. The van der Waals surface area contributed by atoms with Crippen molar-refractivity contribution >= 4 is 11.0 Å². The van der Waals surface area contributed by atoms with Crippen molar-refractivity contribution in [3.63, 3.8) is 0 Å². The molecule has 3 heteroatoms. The summed E-state index contributed by atoms with van der Waals surface area (Å²) in [6.45, 7) is 2.37. The third-order valence-electron chi connectivity index (χ3n) is 1.84. The van der Waals surface area contributed by atoms with Gasteiger partial charge in [-0.25, -0.2) is 0 Å². The number of benzene rings is 1. The van der Waals surface area contributed by atoms with Crippen molar-refractivity contribution in [2.45, 2.75) is 6.92 Å². The van der Waals surface area contributed by atoms with E-state index in [1.807, 2.05) is 13.0 Å². The molecule has 68 valence electrons. The van der Waals surface area contributed by atoms with E-state index >= 15 is 0 Å². The molecule has 1 aromatic heterocycles. The molecule has 0 amide bonds. The topological polar surface area (TPSA) is 42.6 Å². The fourth-order valence-corrected chi connectivity index (χ4v) is 1.28. The molecule has 0 saturated carbocycles. The van der Waals surface area contributed by atoms with Crippen LogP contribution in [0.15, 0.2) is 28.9 Å². The second kappa shape index (κ2) is 3.01. The van der Waals surface area contributed by atoms with E-state index in [0.29, 0.717) is 17.9 Å². The number of phenolic OH excluding ortho intramolecular Hbond substituents is 1. The summed E-state index contributed by atoms with van der Waals surface area (Å²) in [7, 11) is 0. The maximum atomic E-state index is 9.47. The molecule has 0 fully saturated rings. The first-order chi connectivity index (χ1) is 6.33. The first kappa shape index (κ1) is 7.98. The summed E-state index contributed by atoms with van der Waals surface area (Å²) in [4.78, 5) is 0. The molecule has 1 aromatic carbocycles. The minimum absolute atomic E-state index is 0.115. The molecule has 1 heterocycles. The summed E-state index contributed by atoms with van der Waals surface area (Å²) in [5.74, 6) is 0.536. The van der Waals surface area contributed by atoms with Gasteiger partial charge in [0.25, 0.3) is 0 Å². The smallest absolute Gasteiger partial charge is 0.204 e. The van der Waals surface area contributed by atoms with Crippen LogP contribution in [0.5, 0.6) is 11.5 Å². The average molecular weight is 178 g/mol. The number of furan rings is 1. The molecule has 2 aromatic rings. The third-order valence-corrected chi connectivity index (χ3v) is 1.84. The zero-order valence-electron chi connectivity index (χ0n) is 7.28. The molecule has 0 unspecified atom stereocenters. The van der Waals surface area contributed by atoms with Crippen LogP contribution in [0.4, 0.5) is 0 Å². The minimum atomic E-state index is 0.115. The summed E-state index contributed by atoms with van der Waals surface area (Å²) in [6, 6.07) is 5.22. The number of fused-ring (bicyclic) bond motifs is 1. The van der Waals surface area contributed by atoms with E-state index in [9.17, 15) is 5.11 Å². The second-order valence-electron chi connectivity index (χ2n) is 2.69. The van der Waals surface area contributed by atoms with Crippen molar-refractivity contribution < 1.29 is 14.3 Å². The van der Waals surface area contributed by atoms with Gasteiger partial charge in [0.15, 0.2) is 11.3 Å². The van der Waals surface area contributed by atoms with E-state index < -0.39 is 0 Å². The Kier molecular flexibility index (Phi) is 1.85. The molecule has 0 aliphatic rings. The highest BCUT2D eigenvalue weighted by molar-refractivity contribution is 5.85. The van der Waals surface area contributed by atoms with Crippen LogP contribution in [0.3, 0.4) is 0 Å². The lowest BCUT2D eigenvalue weighted by molar-refractivity contribution is 0.317. The fraction of sp³-hybridized carbons (Fsp3) is 0.200. The molecule has 0 aliphatic heterocycles. The van der Waals surface area contributed by atoms with Crippen LogP contribution in [-0.2, 0) is 0 Å². The van der Waals surface area contributed by atoms with Crippen LogP contribution < -0.4 is 4.74 Å². The Hall–Kier alpha value is -1.64. The number of rotatable bonds is 2. The number of ether oxygens (including phenoxy) is 1. The Bertz CT molecular complexity index is 417. The van der Waals surface area contributed by atoms with Gasteiger partial charge in [-0.2, -0.15) is 0 Å². The van der Waals surface area contributed by atoms with Gasteiger partial charge < -0.3 is 14.3 Å². The third kappa shape index (κ3) is 1.22. The molecule has 0 radical (unpaired) electrons. The highest BCUT2D eigenvalue weighted by Crippen LogP contribution is 2.35. The average Bonchev–Trinajstić information content (AvgIpc) is 2.58. The predicted molar refractivity (Wildman–Crippen MR) is 49.0 cm³/mol. The van der Waals surface area contributed by atoms with Gasteiger partial charge >= 0.3 is 0 Å². The monoisotopic (exact) mass is 178 g/mol. The summed E-state index contributed by atoms with van der Waals surface area (Å²) < 4.78 is 10.5. The standard InChI is InChI=1S/C10H10O3/c1-2-12-10-8(11)4-3-7-5-6-13-9(7)10/h3-6,11H,2H2,1H3. The van der Waals surface area contributed by atoms with Crippen LogP contribution in [-0.4, -0.2) is 11.7 Å². The van der Waals surface area contributed by atoms with Gasteiger partial charge in [0, 0.05) is 5.39 Å². The lowest BCUT2D eigenvalue weighted by atomic mass is 10.2. The first-order valence-electron chi connectivity index (χ1n) is 4.15. The normalized spacial score (nSPS) is 10.5. The summed E-state index contributed by atoms with van der Waals surface area (Å²) in [6.07, 6.45) is 1.58. The molecule has 0 saturated heterocycles. The maximum Gasteiger partial charge on any atom is 0.204 e. The van der Waals surface area contributed by atoms with Gasteiger partial charge in [0.1, 0.15) is 0 Å². The van der Waals surface area contributed by atoms with E-state index in [4.69, 9.17) is 9.15 Å². The predicted octanol–water partition coefficient (Wildman–Crippen LogP) is 2.54. The molecule has 0 bridgehead atoms. The van der Waals surface area contributed by atoms with Gasteiger partial charge in [-0.15, -0.1) is 0 Å². The van der Waals surface area contributed by atoms with Gasteiger partial charge in [-0.1, -0.05) is 0 Å². The van der Waals surface area contributed by atoms with Crippen LogP contribution in [0, 0.1) is 0 Å². The summed E-state index contributed by atoms with van der Waals surface area (Å²) >= 11 is 0. The largest absolute Gasteiger partial charge is 0.504 e. The number of phenols is 1. The van der Waals surface area contributed by atoms with Crippen LogP contribution in [0.2, 0.25) is 0 Å². The van der Waals surface area contributed by atoms with E-state index in [-0.39, 0.29) is 5.75 Å². The number of hydrogen-bond donors (Lipinski definition) is 1. The van der Waals surface area contributed by atoms with E-state index in [2.05, 4.69) is 0 Å². The minimum Gasteiger partial charge on any atom is -0.504 e. The SMILES string of the molecule is CCOc1c(O)ccc2ccoc12. The molecule has 0 atom stereocenters. The summed E-state index contributed by atoms with van der Waals surface area (Å²) in [5, 5.41) is 10.4. The molecular formula is C10H10O3. The Morgan fingerprint density at radius 1 is 1.38 bits per heavy atom. The number of aromatic hydroxyl groups is 1. The van der Waals surface area contributed by atoms with Crippen molar-refractivity contribution in [1.82, 2.24) is 0 Å². The molecule has 13 heavy (non-hydrogen) atoms.